The number of rotatable bonds is 3. The van der Waals surface area contributed by atoms with E-state index in [0.717, 1.165) is 52.9 Å². The fourth-order valence-corrected chi connectivity index (χ4v) is 7.71. The van der Waals surface area contributed by atoms with E-state index in [2.05, 4.69) is 74.0 Å². The topological polar surface area (TPSA) is 78.3 Å². The third-order valence-electron chi connectivity index (χ3n) is 10.3. The second kappa shape index (κ2) is 7.29. The van der Waals surface area contributed by atoms with E-state index in [4.69, 9.17) is 19.4 Å². The van der Waals surface area contributed by atoms with E-state index in [-0.39, 0.29) is 23.5 Å². The van der Waals surface area contributed by atoms with Crippen molar-refractivity contribution in [1.29, 1.82) is 0 Å². The maximum atomic E-state index is 14.5. The molecule has 196 valence electrons. The minimum Gasteiger partial charge on any atom is -0.454 e. The van der Waals surface area contributed by atoms with Crippen LogP contribution in [0.25, 0.3) is 32.8 Å². The Bertz CT molecular complexity index is 1890. The van der Waals surface area contributed by atoms with Gasteiger partial charge in [-0.2, -0.15) is 0 Å². The van der Waals surface area contributed by atoms with Crippen LogP contribution in [-0.2, 0) is 22.2 Å². The van der Waals surface area contributed by atoms with Crippen molar-refractivity contribution in [1.82, 2.24) is 14.5 Å². The van der Waals surface area contributed by atoms with Crippen molar-refractivity contribution in [2.24, 2.45) is 5.41 Å². The van der Waals surface area contributed by atoms with E-state index < -0.39 is 5.41 Å². The van der Waals surface area contributed by atoms with Crippen molar-refractivity contribution in [3.63, 3.8) is 0 Å². The Labute approximate surface area is 226 Å². The van der Waals surface area contributed by atoms with E-state index in [0.29, 0.717) is 11.5 Å². The predicted molar refractivity (Wildman–Crippen MR) is 151 cm³/mol. The first-order valence-electron chi connectivity index (χ1n) is 13.7. The van der Waals surface area contributed by atoms with Gasteiger partial charge in [0.2, 0.25) is 12.7 Å². The monoisotopic (exact) mass is 518 g/mol. The summed E-state index contributed by atoms with van der Waals surface area (Å²) < 4.78 is 13.5. The number of para-hydroxylation sites is 1. The molecular weight excluding hydrogens is 488 g/mol. The van der Waals surface area contributed by atoms with Crippen molar-refractivity contribution < 1.29 is 14.3 Å². The zero-order valence-corrected chi connectivity index (χ0v) is 22.6. The normalized spacial score (nSPS) is 24.1. The Morgan fingerprint density at radius 1 is 0.897 bits per heavy atom. The molecule has 8 rings (SSSR count). The standard InChI is InChI=1S/C32H30N4O3/c1-5-36-23-9-7-6-8-19(23)20-14-18(10-11-24(20)36)33-29(37)32-13-12-31(4,30(32,2)3)27-28(32)35-22-16-26-25(38-17-39-26)15-21(22)34-27/h6-11,14-16H,5,12-13,17H2,1-4H3,(H,33,37). The highest BCUT2D eigenvalue weighted by Gasteiger charge is 2.73. The number of ether oxygens (including phenoxy) is 2. The molecule has 5 aromatic rings. The van der Waals surface area contributed by atoms with Gasteiger partial charge in [0.25, 0.3) is 0 Å². The Morgan fingerprint density at radius 2 is 1.59 bits per heavy atom. The zero-order chi connectivity index (χ0) is 26.7. The molecule has 7 heteroatoms. The molecule has 2 aliphatic carbocycles. The first kappa shape index (κ1) is 22.8. The van der Waals surface area contributed by atoms with E-state index in [1.807, 2.05) is 18.2 Å². The van der Waals surface area contributed by atoms with Gasteiger partial charge in [-0.3, -0.25) is 4.79 Å². The van der Waals surface area contributed by atoms with Crippen LogP contribution in [0, 0.1) is 5.41 Å². The van der Waals surface area contributed by atoms with Crippen LogP contribution in [0.3, 0.4) is 0 Å². The highest BCUT2D eigenvalue weighted by molar-refractivity contribution is 6.10. The Hall–Kier alpha value is -4.13. The Kier molecular flexibility index (Phi) is 4.26. The lowest BCUT2D eigenvalue weighted by Gasteiger charge is -2.39. The van der Waals surface area contributed by atoms with Crippen LogP contribution in [0.1, 0.15) is 51.9 Å². The van der Waals surface area contributed by atoms with Crippen molar-refractivity contribution >= 4 is 44.4 Å². The molecule has 1 saturated carbocycles. The Morgan fingerprint density at radius 3 is 2.33 bits per heavy atom. The summed E-state index contributed by atoms with van der Waals surface area (Å²) in [5, 5.41) is 5.67. The van der Waals surface area contributed by atoms with Gasteiger partial charge in [-0.05, 0) is 49.4 Å². The number of hydrogen-bond donors (Lipinski definition) is 1. The first-order chi connectivity index (χ1) is 18.8. The summed E-state index contributed by atoms with van der Waals surface area (Å²) in [4.78, 5) is 24.7. The van der Waals surface area contributed by atoms with Crippen LogP contribution in [0.2, 0.25) is 0 Å². The molecule has 0 spiro atoms. The SMILES string of the molecule is CCn1c2ccccc2c2cc(NC(=O)C34CCC(C)(c5nc6cc7c(cc6nc53)OCO7)C4(C)C)ccc21. The van der Waals surface area contributed by atoms with Crippen LogP contribution < -0.4 is 14.8 Å². The summed E-state index contributed by atoms with van der Waals surface area (Å²) in [6.07, 6.45) is 1.62. The third kappa shape index (κ3) is 2.61. The summed E-state index contributed by atoms with van der Waals surface area (Å²) in [5.41, 5.74) is 4.98. The number of aromatic nitrogens is 3. The molecule has 39 heavy (non-hydrogen) atoms. The number of carbonyl (C=O) groups is 1. The van der Waals surface area contributed by atoms with Crippen LogP contribution in [0.4, 0.5) is 5.69 Å². The van der Waals surface area contributed by atoms with Crippen molar-refractivity contribution in [3.8, 4) is 11.5 Å². The first-order valence-corrected chi connectivity index (χ1v) is 13.7. The summed E-state index contributed by atoms with van der Waals surface area (Å²) in [6, 6.07) is 18.5. The smallest absolute Gasteiger partial charge is 0.237 e. The average molecular weight is 519 g/mol. The number of aryl methyl sites for hydroxylation is 1. The fraction of sp³-hybridized carbons (Fsp3) is 0.344. The van der Waals surface area contributed by atoms with Gasteiger partial charge >= 0.3 is 0 Å². The molecule has 1 aliphatic heterocycles. The summed E-state index contributed by atoms with van der Waals surface area (Å²) in [5.74, 6) is 1.35. The maximum Gasteiger partial charge on any atom is 0.237 e. The van der Waals surface area contributed by atoms with Gasteiger partial charge in [0.05, 0.1) is 27.8 Å². The van der Waals surface area contributed by atoms with Gasteiger partial charge in [0.15, 0.2) is 11.5 Å². The Balaban J connectivity index is 1.26. The zero-order valence-electron chi connectivity index (χ0n) is 22.6. The number of anilines is 1. The second-order valence-electron chi connectivity index (χ2n) is 11.9. The number of fused-ring (bicyclic) bond motifs is 10. The van der Waals surface area contributed by atoms with Crippen molar-refractivity contribution in [3.05, 3.63) is 66.0 Å². The number of carbonyl (C=O) groups excluding carboxylic acids is 1. The van der Waals surface area contributed by atoms with Gasteiger partial charge in [-0.25, -0.2) is 9.97 Å². The van der Waals surface area contributed by atoms with E-state index in [1.54, 1.807) is 0 Å². The number of nitrogens with one attached hydrogen (secondary N) is 1. The molecule has 7 nitrogen and oxygen atoms in total. The molecule has 2 unspecified atom stereocenters. The van der Waals surface area contributed by atoms with Crippen LogP contribution >= 0.6 is 0 Å². The predicted octanol–water partition coefficient (Wildman–Crippen LogP) is 6.45. The number of amides is 1. The molecule has 1 N–H and O–H groups in total. The van der Waals surface area contributed by atoms with Gasteiger partial charge in [-0.15, -0.1) is 0 Å². The van der Waals surface area contributed by atoms with Gasteiger partial charge < -0.3 is 19.4 Å². The number of benzene rings is 3. The van der Waals surface area contributed by atoms with E-state index in [9.17, 15) is 4.79 Å². The lowest BCUT2D eigenvalue weighted by Crippen LogP contribution is -2.48. The van der Waals surface area contributed by atoms with Gasteiger partial charge in [0.1, 0.15) is 0 Å². The summed E-state index contributed by atoms with van der Waals surface area (Å²) in [7, 11) is 0. The van der Waals surface area contributed by atoms with E-state index in [1.165, 1.54) is 16.4 Å². The molecule has 3 heterocycles. The lowest BCUT2D eigenvalue weighted by molar-refractivity contribution is -0.125. The minimum absolute atomic E-state index is 0.0112. The third-order valence-corrected chi connectivity index (χ3v) is 10.3. The highest BCUT2D eigenvalue weighted by Crippen LogP contribution is 2.70. The number of hydrogen-bond acceptors (Lipinski definition) is 5. The van der Waals surface area contributed by atoms with Crippen LogP contribution in [0.5, 0.6) is 11.5 Å². The highest BCUT2D eigenvalue weighted by atomic mass is 16.7. The molecule has 1 amide bonds. The van der Waals surface area contributed by atoms with Crippen molar-refractivity contribution in [2.45, 2.75) is 57.9 Å². The molecule has 2 atom stereocenters. The molecule has 0 saturated heterocycles. The molecule has 3 aliphatic rings. The second-order valence-corrected chi connectivity index (χ2v) is 11.9. The van der Waals surface area contributed by atoms with Crippen molar-refractivity contribution in [2.75, 3.05) is 12.1 Å². The van der Waals surface area contributed by atoms with E-state index >= 15 is 0 Å². The minimum atomic E-state index is -0.791. The summed E-state index contributed by atoms with van der Waals surface area (Å²) in [6.45, 7) is 9.90. The van der Waals surface area contributed by atoms with Gasteiger partial charge in [0, 0.05) is 51.6 Å². The molecule has 0 radical (unpaired) electrons. The quantitative estimate of drug-likeness (QED) is 0.297. The molecule has 2 aromatic heterocycles. The average Bonchev–Trinajstić information content (AvgIpc) is 3.60. The van der Waals surface area contributed by atoms with Crippen LogP contribution in [0.15, 0.2) is 54.6 Å². The largest absolute Gasteiger partial charge is 0.454 e. The van der Waals surface area contributed by atoms with Crippen LogP contribution in [-0.4, -0.2) is 27.2 Å². The molecular formula is C32H30N4O3. The molecule has 2 bridgehead atoms. The maximum absolute atomic E-state index is 14.5. The van der Waals surface area contributed by atoms with Gasteiger partial charge in [-0.1, -0.05) is 39.0 Å². The molecule has 1 fully saturated rings. The fourth-order valence-electron chi connectivity index (χ4n) is 7.71. The molecule has 3 aromatic carbocycles. The lowest BCUT2D eigenvalue weighted by atomic mass is 9.63. The summed E-state index contributed by atoms with van der Waals surface area (Å²) >= 11 is 0. The number of nitrogens with zero attached hydrogens (tertiary/aromatic N) is 3.